The smallest absolute Gasteiger partial charge is 0.228 e. The third-order valence-corrected chi connectivity index (χ3v) is 4.44. The quantitative estimate of drug-likeness (QED) is 0.696. The van der Waals surface area contributed by atoms with Gasteiger partial charge in [0.15, 0.2) is 0 Å². The Morgan fingerprint density at radius 3 is 2.61 bits per heavy atom. The van der Waals surface area contributed by atoms with E-state index in [4.69, 9.17) is 4.74 Å². The highest BCUT2D eigenvalue weighted by Gasteiger charge is 2.15. The number of amides is 1. The minimum atomic E-state index is 0.118. The molecular weight excluding hydrogens is 308 g/mol. The number of carbonyl (C=O) groups excluding carboxylic acids is 1. The highest BCUT2D eigenvalue weighted by atomic mass is 32.1. The average Bonchev–Trinajstić information content (AvgIpc) is 2.93. The summed E-state index contributed by atoms with van der Waals surface area (Å²) in [5, 5.41) is 2.96. The van der Waals surface area contributed by atoms with Gasteiger partial charge in [-0.25, -0.2) is 4.98 Å². The number of aryl methyl sites for hydroxylation is 2. The largest absolute Gasteiger partial charge is 0.385 e. The van der Waals surface area contributed by atoms with Crippen LogP contribution >= 0.6 is 11.3 Å². The van der Waals surface area contributed by atoms with Gasteiger partial charge >= 0.3 is 0 Å². The summed E-state index contributed by atoms with van der Waals surface area (Å²) in [6.07, 6.45) is 1.20. The van der Waals surface area contributed by atoms with Gasteiger partial charge in [0.25, 0.3) is 0 Å². The average molecular weight is 332 g/mol. The van der Waals surface area contributed by atoms with Crippen LogP contribution in [0.3, 0.4) is 0 Å². The zero-order chi connectivity index (χ0) is 16.7. The molecule has 0 saturated heterocycles. The van der Waals surface area contributed by atoms with Crippen molar-refractivity contribution in [1.82, 2.24) is 9.88 Å². The van der Waals surface area contributed by atoms with E-state index in [-0.39, 0.29) is 5.91 Å². The van der Waals surface area contributed by atoms with Crippen molar-refractivity contribution in [2.24, 2.45) is 0 Å². The molecule has 124 valence electrons. The van der Waals surface area contributed by atoms with Gasteiger partial charge < -0.3 is 9.64 Å². The number of rotatable bonds is 8. The van der Waals surface area contributed by atoms with Crippen LogP contribution in [0.15, 0.2) is 29.6 Å². The molecule has 1 aromatic carbocycles. The fraction of sp³-hybridized carbons (Fsp3) is 0.444. The highest BCUT2D eigenvalue weighted by molar-refractivity contribution is 7.09. The Kier molecular flexibility index (Phi) is 6.74. The lowest BCUT2D eigenvalue weighted by Gasteiger charge is -2.22. The molecule has 0 aliphatic rings. The molecule has 1 amide bonds. The van der Waals surface area contributed by atoms with E-state index in [0.29, 0.717) is 26.1 Å². The van der Waals surface area contributed by atoms with E-state index in [2.05, 4.69) is 36.2 Å². The monoisotopic (exact) mass is 332 g/mol. The van der Waals surface area contributed by atoms with Gasteiger partial charge in [0, 0.05) is 32.2 Å². The van der Waals surface area contributed by atoms with Gasteiger partial charge in [-0.2, -0.15) is 0 Å². The second-order valence-electron chi connectivity index (χ2n) is 5.68. The molecule has 0 bridgehead atoms. The minimum Gasteiger partial charge on any atom is -0.385 e. The molecule has 0 saturated carbocycles. The molecule has 0 radical (unpaired) electrons. The van der Waals surface area contributed by atoms with Crippen molar-refractivity contribution in [3.63, 3.8) is 0 Å². The standard InChI is InChI=1S/C18H24N2O2S/c1-14-5-7-16(8-6-14)12-20(9-4-10-22-3)18(21)11-17-13-23-15(2)19-17/h5-8,13H,4,9-12H2,1-3H3. The molecule has 1 heterocycles. The molecule has 0 atom stereocenters. The van der Waals surface area contributed by atoms with Crippen molar-refractivity contribution in [2.45, 2.75) is 33.2 Å². The number of hydrogen-bond donors (Lipinski definition) is 0. The molecule has 2 aromatic rings. The summed E-state index contributed by atoms with van der Waals surface area (Å²) < 4.78 is 5.11. The maximum atomic E-state index is 12.6. The summed E-state index contributed by atoms with van der Waals surface area (Å²) in [7, 11) is 1.68. The molecule has 0 fully saturated rings. The first kappa shape index (κ1) is 17.6. The Balaban J connectivity index is 2.02. The van der Waals surface area contributed by atoms with Crippen molar-refractivity contribution < 1.29 is 9.53 Å². The second-order valence-corrected chi connectivity index (χ2v) is 6.74. The van der Waals surface area contributed by atoms with Crippen molar-refractivity contribution in [1.29, 1.82) is 0 Å². The van der Waals surface area contributed by atoms with Gasteiger partial charge in [-0.3, -0.25) is 4.79 Å². The lowest BCUT2D eigenvalue weighted by molar-refractivity contribution is -0.131. The van der Waals surface area contributed by atoms with Gasteiger partial charge in [-0.1, -0.05) is 29.8 Å². The summed E-state index contributed by atoms with van der Waals surface area (Å²) in [5.41, 5.74) is 3.23. The summed E-state index contributed by atoms with van der Waals surface area (Å²) in [6.45, 7) is 6.01. The Morgan fingerprint density at radius 2 is 2.00 bits per heavy atom. The van der Waals surface area contributed by atoms with Crippen molar-refractivity contribution in [2.75, 3.05) is 20.3 Å². The molecule has 5 heteroatoms. The molecule has 23 heavy (non-hydrogen) atoms. The van der Waals surface area contributed by atoms with Crippen LogP contribution in [0.25, 0.3) is 0 Å². The fourth-order valence-corrected chi connectivity index (χ4v) is 2.97. The first-order chi connectivity index (χ1) is 11.1. The number of nitrogens with zero attached hydrogens (tertiary/aromatic N) is 2. The Morgan fingerprint density at radius 1 is 1.26 bits per heavy atom. The third kappa shape index (κ3) is 5.77. The van der Waals surface area contributed by atoms with Crippen LogP contribution in [-0.2, 0) is 22.5 Å². The summed E-state index contributed by atoms with van der Waals surface area (Å²) in [5.74, 6) is 0.118. The number of carbonyl (C=O) groups is 1. The lowest BCUT2D eigenvalue weighted by atomic mass is 10.1. The first-order valence-corrected chi connectivity index (χ1v) is 8.69. The van der Waals surface area contributed by atoms with Gasteiger partial charge in [0.2, 0.25) is 5.91 Å². The van der Waals surface area contributed by atoms with E-state index in [0.717, 1.165) is 22.7 Å². The molecule has 0 N–H and O–H groups in total. The van der Waals surface area contributed by atoms with Crippen molar-refractivity contribution in [3.05, 3.63) is 51.5 Å². The van der Waals surface area contributed by atoms with Crippen LogP contribution in [0.5, 0.6) is 0 Å². The summed E-state index contributed by atoms with van der Waals surface area (Å²) in [6, 6.07) is 8.33. The van der Waals surface area contributed by atoms with E-state index in [1.54, 1.807) is 18.4 Å². The van der Waals surface area contributed by atoms with Crippen molar-refractivity contribution in [3.8, 4) is 0 Å². The Labute approximate surface area is 142 Å². The van der Waals surface area contributed by atoms with Crippen LogP contribution in [0.2, 0.25) is 0 Å². The van der Waals surface area contributed by atoms with Crippen molar-refractivity contribution >= 4 is 17.2 Å². The molecule has 1 aromatic heterocycles. The molecule has 2 rings (SSSR count). The number of thiazole rings is 1. The highest BCUT2D eigenvalue weighted by Crippen LogP contribution is 2.12. The number of hydrogen-bond acceptors (Lipinski definition) is 4. The fourth-order valence-electron chi connectivity index (χ4n) is 2.36. The maximum Gasteiger partial charge on any atom is 0.228 e. The van der Waals surface area contributed by atoms with Gasteiger partial charge in [-0.15, -0.1) is 11.3 Å². The summed E-state index contributed by atoms with van der Waals surface area (Å²) >= 11 is 1.58. The van der Waals surface area contributed by atoms with E-state index in [1.807, 2.05) is 17.2 Å². The zero-order valence-electron chi connectivity index (χ0n) is 14.0. The normalized spacial score (nSPS) is 10.7. The van der Waals surface area contributed by atoms with E-state index in [1.165, 1.54) is 5.56 Å². The van der Waals surface area contributed by atoms with E-state index < -0.39 is 0 Å². The Bertz CT molecular complexity index is 622. The topological polar surface area (TPSA) is 42.4 Å². The molecular formula is C18H24N2O2S. The second kappa shape index (κ2) is 8.79. The SMILES string of the molecule is COCCCN(Cc1ccc(C)cc1)C(=O)Cc1csc(C)n1. The lowest BCUT2D eigenvalue weighted by Crippen LogP contribution is -2.33. The predicted molar refractivity (Wildman–Crippen MR) is 93.6 cm³/mol. The zero-order valence-corrected chi connectivity index (χ0v) is 14.9. The van der Waals surface area contributed by atoms with Crippen LogP contribution in [-0.4, -0.2) is 36.1 Å². The number of benzene rings is 1. The molecule has 0 unspecified atom stereocenters. The van der Waals surface area contributed by atoms with Gasteiger partial charge in [0.05, 0.1) is 17.1 Å². The molecule has 0 aliphatic carbocycles. The number of methoxy groups -OCH3 is 1. The first-order valence-electron chi connectivity index (χ1n) is 7.81. The van der Waals surface area contributed by atoms with Crippen LogP contribution < -0.4 is 0 Å². The number of ether oxygens (including phenoxy) is 1. The van der Waals surface area contributed by atoms with Crippen LogP contribution in [0, 0.1) is 13.8 Å². The molecule has 0 spiro atoms. The van der Waals surface area contributed by atoms with Crippen LogP contribution in [0.4, 0.5) is 0 Å². The molecule has 4 nitrogen and oxygen atoms in total. The van der Waals surface area contributed by atoms with Gasteiger partial charge in [-0.05, 0) is 25.8 Å². The maximum absolute atomic E-state index is 12.6. The van der Waals surface area contributed by atoms with E-state index >= 15 is 0 Å². The van der Waals surface area contributed by atoms with E-state index in [9.17, 15) is 4.79 Å². The van der Waals surface area contributed by atoms with Gasteiger partial charge in [0.1, 0.15) is 0 Å². The summed E-state index contributed by atoms with van der Waals surface area (Å²) in [4.78, 5) is 18.9. The Hall–Kier alpha value is -1.72. The number of aromatic nitrogens is 1. The molecule has 0 aliphatic heterocycles. The predicted octanol–water partition coefficient (Wildman–Crippen LogP) is 3.37. The third-order valence-electron chi connectivity index (χ3n) is 3.62. The minimum absolute atomic E-state index is 0.118. The van der Waals surface area contributed by atoms with Crippen LogP contribution in [0.1, 0.15) is 28.2 Å².